The summed E-state index contributed by atoms with van der Waals surface area (Å²) in [5.41, 5.74) is 0.471. The number of para-hydroxylation sites is 1. The van der Waals surface area contributed by atoms with Crippen molar-refractivity contribution < 1.29 is 22.9 Å². The van der Waals surface area contributed by atoms with Crippen LogP contribution in [0, 0.1) is 10.1 Å². The highest BCUT2D eigenvalue weighted by atomic mass is 32.2. The second kappa shape index (κ2) is 10.7. The quantitative estimate of drug-likeness (QED) is 0.218. The van der Waals surface area contributed by atoms with Crippen LogP contribution in [0.25, 0.3) is 11.0 Å². The highest BCUT2D eigenvalue weighted by molar-refractivity contribution is 7.90. The van der Waals surface area contributed by atoms with Crippen LogP contribution in [-0.2, 0) is 10.0 Å². The van der Waals surface area contributed by atoms with Crippen LogP contribution in [-0.4, -0.2) is 60.3 Å². The van der Waals surface area contributed by atoms with Crippen molar-refractivity contribution in [1.29, 1.82) is 0 Å². The number of nitrogens with zero attached hydrogens (tertiary/aromatic N) is 3. The number of carbonyl (C=O) groups is 1. The lowest BCUT2D eigenvalue weighted by molar-refractivity contribution is -0.384. The Balaban J connectivity index is 1.35. The van der Waals surface area contributed by atoms with Gasteiger partial charge in [-0.3, -0.25) is 14.9 Å². The predicted octanol–water partition coefficient (Wildman–Crippen LogP) is 3.89. The number of piperidine rings is 1. The fourth-order valence-corrected chi connectivity index (χ4v) is 5.39. The van der Waals surface area contributed by atoms with E-state index in [1.165, 1.54) is 30.5 Å². The molecule has 1 fully saturated rings. The van der Waals surface area contributed by atoms with Crippen molar-refractivity contribution in [1.82, 2.24) is 19.6 Å². The van der Waals surface area contributed by atoms with Crippen molar-refractivity contribution in [2.24, 2.45) is 0 Å². The molecule has 13 heteroatoms. The van der Waals surface area contributed by atoms with Crippen molar-refractivity contribution in [3.8, 4) is 11.5 Å². The molecule has 5 rings (SSSR count). The monoisotopic (exact) mass is 550 g/mol. The number of nitrogens with one attached hydrogen (secondary N) is 3. The normalized spacial score (nSPS) is 14.7. The van der Waals surface area contributed by atoms with Gasteiger partial charge in [-0.25, -0.2) is 18.1 Å². The molecule has 0 spiro atoms. The first kappa shape index (κ1) is 26.1. The molecule has 202 valence electrons. The number of aromatic nitrogens is 2. The third-order valence-electron chi connectivity index (χ3n) is 6.52. The molecule has 2 aromatic carbocycles. The Bertz CT molecular complexity index is 1650. The molecular formula is C26H26N6O6S. The summed E-state index contributed by atoms with van der Waals surface area (Å²) >= 11 is 0. The number of likely N-dealkylation sites (tertiary alicyclic amines) is 1. The minimum atomic E-state index is -4.44. The Morgan fingerprint density at radius 2 is 1.92 bits per heavy atom. The van der Waals surface area contributed by atoms with Gasteiger partial charge in [-0.15, -0.1) is 0 Å². The van der Waals surface area contributed by atoms with Gasteiger partial charge in [0, 0.05) is 23.7 Å². The first-order valence-electron chi connectivity index (χ1n) is 12.2. The first-order valence-corrected chi connectivity index (χ1v) is 13.7. The molecule has 0 unspecified atom stereocenters. The lowest BCUT2D eigenvalue weighted by Gasteiger charge is -2.30. The van der Waals surface area contributed by atoms with Crippen molar-refractivity contribution in [3.05, 3.63) is 82.7 Å². The van der Waals surface area contributed by atoms with Crippen LogP contribution in [0.4, 0.5) is 11.4 Å². The predicted molar refractivity (Wildman–Crippen MR) is 144 cm³/mol. The van der Waals surface area contributed by atoms with E-state index in [2.05, 4.69) is 20.2 Å². The van der Waals surface area contributed by atoms with E-state index in [0.29, 0.717) is 11.4 Å². The van der Waals surface area contributed by atoms with Crippen molar-refractivity contribution in [2.45, 2.75) is 23.8 Å². The summed E-state index contributed by atoms with van der Waals surface area (Å²) in [6.45, 7) is 1.71. The number of nitro groups is 1. The highest BCUT2D eigenvalue weighted by Gasteiger charge is 2.26. The number of sulfonamides is 1. The van der Waals surface area contributed by atoms with E-state index >= 15 is 0 Å². The van der Waals surface area contributed by atoms with Crippen molar-refractivity contribution in [3.63, 3.8) is 0 Å². The Morgan fingerprint density at radius 1 is 1.15 bits per heavy atom. The molecule has 3 heterocycles. The molecular weight excluding hydrogens is 524 g/mol. The van der Waals surface area contributed by atoms with Gasteiger partial charge in [0.2, 0.25) is 0 Å². The SMILES string of the molecule is CN1CCC(Nc2ccc(S(=O)(=O)NC(=O)c3ccccc3Oc3cnc4[nH]ccc4c3)cc2[N+](=O)[O-])CC1. The molecule has 1 amide bonds. The minimum Gasteiger partial charge on any atom is -0.455 e. The van der Waals surface area contributed by atoms with Gasteiger partial charge < -0.3 is 19.9 Å². The standard InChI is InChI=1S/C26H26N6O6S/c1-31-12-9-18(10-13-31)29-22-7-6-20(15-23(22)32(34)35)39(36,37)30-26(33)21-4-2-3-5-24(21)38-19-14-17-8-11-27-25(17)28-16-19/h2-8,11,14-16,18,29H,9-10,12-13H2,1H3,(H,27,28)(H,30,33). The second-order valence-electron chi connectivity index (χ2n) is 9.28. The van der Waals surface area contributed by atoms with Crippen LogP contribution >= 0.6 is 0 Å². The summed E-state index contributed by atoms with van der Waals surface area (Å²) in [5, 5.41) is 15.7. The highest BCUT2D eigenvalue weighted by Crippen LogP contribution is 2.31. The van der Waals surface area contributed by atoms with E-state index in [1.54, 1.807) is 24.4 Å². The van der Waals surface area contributed by atoms with Gasteiger partial charge in [-0.2, -0.15) is 0 Å². The molecule has 3 N–H and O–H groups in total. The molecule has 4 aromatic rings. The van der Waals surface area contributed by atoms with Gasteiger partial charge in [0.05, 0.1) is 21.6 Å². The van der Waals surface area contributed by atoms with Crippen molar-refractivity contribution >= 4 is 38.3 Å². The van der Waals surface area contributed by atoms with Crippen LogP contribution in [0.5, 0.6) is 11.5 Å². The molecule has 1 saturated heterocycles. The topological polar surface area (TPSA) is 160 Å². The number of carbonyl (C=O) groups excluding carboxylic acids is 1. The van der Waals surface area contributed by atoms with Gasteiger partial charge in [0.15, 0.2) is 0 Å². The largest absolute Gasteiger partial charge is 0.455 e. The van der Waals surface area contributed by atoms with E-state index in [1.807, 2.05) is 17.8 Å². The third-order valence-corrected chi connectivity index (χ3v) is 7.84. The first-order chi connectivity index (χ1) is 18.7. The fraction of sp³-hybridized carbons (Fsp3) is 0.231. The average molecular weight is 551 g/mol. The number of nitro benzene ring substituents is 1. The Hall–Kier alpha value is -4.49. The molecule has 0 atom stereocenters. The number of fused-ring (bicyclic) bond motifs is 1. The number of pyridine rings is 1. The molecule has 0 radical (unpaired) electrons. The summed E-state index contributed by atoms with van der Waals surface area (Å²) in [7, 11) is -2.43. The molecule has 12 nitrogen and oxygen atoms in total. The zero-order chi connectivity index (χ0) is 27.6. The number of benzene rings is 2. The summed E-state index contributed by atoms with van der Waals surface area (Å²) in [4.78, 5) is 33.2. The molecule has 2 aromatic heterocycles. The van der Waals surface area contributed by atoms with E-state index in [4.69, 9.17) is 4.74 Å². The summed E-state index contributed by atoms with van der Waals surface area (Å²) < 4.78 is 34.0. The second-order valence-corrected chi connectivity index (χ2v) is 11.0. The fourth-order valence-electron chi connectivity index (χ4n) is 4.41. The molecule has 0 bridgehead atoms. The number of rotatable bonds is 8. The minimum absolute atomic E-state index is 0.0340. The van der Waals surface area contributed by atoms with Crippen LogP contribution < -0.4 is 14.8 Å². The van der Waals surface area contributed by atoms with Gasteiger partial charge in [-0.1, -0.05) is 12.1 Å². The number of hydrogen-bond donors (Lipinski definition) is 3. The molecule has 39 heavy (non-hydrogen) atoms. The van der Waals surface area contributed by atoms with E-state index in [-0.39, 0.29) is 28.7 Å². The maximum atomic E-state index is 13.1. The van der Waals surface area contributed by atoms with E-state index in [0.717, 1.165) is 37.4 Å². The van der Waals surface area contributed by atoms with Crippen LogP contribution in [0.3, 0.4) is 0 Å². The number of amides is 1. The number of ether oxygens (including phenoxy) is 1. The Labute approximate surface area is 224 Å². The lowest BCUT2D eigenvalue weighted by atomic mass is 10.1. The van der Waals surface area contributed by atoms with Crippen molar-refractivity contribution in [2.75, 3.05) is 25.5 Å². The van der Waals surface area contributed by atoms with Crippen LogP contribution in [0.2, 0.25) is 0 Å². The summed E-state index contributed by atoms with van der Waals surface area (Å²) in [6, 6.07) is 13.3. The Kier molecular flexibility index (Phi) is 7.17. The van der Waals surface area contributed by atoms with Gasteiger partial charge in [0.1, 0.15) is 22.8 Å². The number of H-pyrrole nitrogens is 1. The summed E-state index contributed by atoms with van der Waals surface area (Å²) in [6.07, 6.45) is 4.82. The van der Waals surface area contributed by atoms with Gasteiger partial charge in [-0.05, 0) is 69.4 Å². The van der Waals surface area contributed by atoms with Crippen LogP contribution in [0.1, 0.15) is 23.2 Å². The molecule has 0 saturated carbocycles. The smallest absolute Gasteiger partial charge is 0.293 e. The maximum absolute atomic E-state index is 13.1. The van der Waals surface area contributed by atoms with E-state index in [9.17, 15) is 23.3 Å². The Morgan fingerprint density at radius 3 is 2.69 bits per heavy atom. The molecule has 1 aliphatic heterocycles. The zero-order valence-electron chi connectivity index (χ0n) is 21.0. The number of hydrogen-bond acceptors (Lipinski definition) is 9. The number of anilines is 1. The van der Waals surface area contributed by atoms with Gasteiger partial charge >= 0.3 is 0 Å². The number of aromatic amines is 1. The summed E-state index contributed by atoms with van der Waals surface area (Å²) in [5.74, 6) is -0.475. The zero-order valence-corrected chi connectivity index (χ0v) is 21.8. The molecule has 0 aliphatic carbocycles. The van der Waals surface area contributed by atoms with Crippen LogP contribution in [0.15, 0.2) is 71.9 Å². The molecule has 1 aliphatic rings. The van der Waals surface area contributed by atoms with E-state index < -0.39 is 25.7 Å². The maximum Gasteiger partial charge on any atom is 0.293 e. The average Bonchev–Trinajstić information content (AvgIpc) is 3.38. The third kappa shape index (κ3) is 5.84. The van der Waals surface area contributed by atoms with Gasteiger partial charge in [0.25, 0.3) is 21.6 Å². The lowest BCUT2D eigenvalue weighted by Crippen LogP contribution is -2.36.